The minimum Gasteiger partial charge on any atom is -0.193 e. The molecule has 62 valence electrons. The van der Waals surface area contributed by atoms with Crippen molar-refractivity contribution in [1.82, 2.24) is 0 Å². The summed E-state index contributed by atoms with van der Waals surface area (Å²) < 4.78 is 0. The highest BCUT2D eigenvalue weighted by molar-refractivity contribution is 8.07. The second-order valence-corrected chi connectivity index (χ2v) is 4.03. The van der Waals surface area contributed by atoms with E-state index in [1.54, 1.807) is 11.8 Å². The molecule has 0 aromatic rings. The maximum absolute atomic E-state index is 8.67. The quantitative estimate of drug-likeness (QED) is 0.530. The molecule has 0 fully saturated rings. The van der Waals surface area contributed by atoms with Gasteiger partial charge in [0.1, 0.15) is 0 Å². The van der Waals surface area contributed by atoms with Crippen LogP contribution in [-0.2, 0) is 0 Å². The van der Waals surface area contributed by atoms with Crippen molar-refractivity contribution in [2.45, 2.75) is 20.8 Å². The van der Waals surface area contributed by atoms with Crippen molar-refractivity contribution in [2.75, 3.05) is 0 Å². The van der Waals surface area contributed by atoms with Gasteiger partial charge in [-0.1, -0.05) is 17.8 Å². The zero-order chi connectivity index (χ0) is 9.14. The molecule has 0 saturated heterocycles. The molecule has 0 atom stereocenters. The smallest absolute Gasteiger partial charge is 0.0955 e. The van der Waals surface area contributed by atoms with E-state index >= 15 is 0 Å². The first-order chi connectivity index (χ1) is 5.65. The number of nitrogens with zero attached hydrogens (tertiary/aromatic N) is 1. The summed E-state index contributed by atoms with van der Waals surface area (Å²) in [5.74, 6) is 0. The van der Waals surface area contributed by atoms with Crippen molar-refractivity contribution in [3.8, 4) is 6.07 Å². The molecule has 1 rings (SSSR count). The Hall–Kier alpha value is -0.940. The van der Waals surface area contributed by atoms with Gasteiger partial charge in [-0.25, -0.2) is 0 Å². The van der Waals surface area contributed by atoms with Crippen LogP contribution in [0.2, 0.25) is 0 Å². The van der Waals surface area contributed by atoms with Crippen LogP contribution in [0.15, 0.2) is 33.1 Å². The summed E-state index contributed by atoms with van der Waals surface area (Å²) in [5.41, 5.74) is 2.08. The molecule has 0 aliphatic carbocycles. The zero-order valence-electron chi connectivity index (χ0n) is 7.51. The van der Waals surface area contributed by atoms with Crippen LogP contribution in [0.1, 0.15) is 20.8 Å². The highest BCUT2D eigenvalue weighted by Crippen LogP contribution is 2.34. The van der Waals surface area contributed by atoms with Crippen LogP contribution in [0, 0.1) is 11.3 Å². The van der Waals surface area contributed by atoms with Crippen molar-refractivity contribution in [2.24, 2.45) is 0 Å². The largest absolute Gasteiger partial charge is 0.193 e. The third-order valence-electron chi connectivity index (χ3n) is 1.84. The van der Waals surface area contributed by atoms with Gasteiger partial charge in [-0.05, 0) is 37.3 Å². The van der Waals surface area contributed by atoms with Crippen LogP contribution in [0.25, 0.3) is 0 Å². The van der Waals surface area contributed by atoms with Crippen molar-refractivity contribution in [3.05, 3.63) is 33.1 Å². The van der Waals surface area contributed by atoms with Crippen molar-refractivity contribution < 1.29 is 0 Å². The van der Waals surface area contributed by atoms with Crippen LogP contribution < -0.4 is 0 Å². The Balaban J connectivity index is 2.98. The Morgan fingerprint density at radius 1 is 1.42 bits per heavy atom. The monoisotopic (exact) mass is 177 g/mol. The summed E-state index contributed by atoms with van der Waals surface area (Å²) >= 11 is 1.68. The highest BCUT2D eigenvalue weighted by atomic mass is 32.2. The summed E-state index contributed by atoms with van der Waals surface area (Å²) in [6.45, 7) is 6.01. The van der Waals surface area contributed by atoms with E-state index in [2.05, 4.69) is 26.0 Å². The predicted molar refractivity (Wildman–Crippen MR) is 53.4 cm³/mol. The maximum Gasteiger partial charge on any atom is 0.0955 e. The number of rotatable bonds is 0. The lowest BCUT2D eigenvalue weighted by Crippen LogP contribution is -1.87. The summed E-state index contributed by atoms with van der Waals surface area (Å²) in [6, 6.07) is 2.15. The average molecular weight is 177 g/mol. The maximum atomic E-state index is 8.67. The van der Waals surface area contributed by atoms with Crippen molar-refractivity contribution in [1.29, 1.82) is 5.26 Å². The molecule has 0 spiro atoms. The Kier molecular flexibility index (Phi) is 2.78. The highest BCUT2D eigenvalue weighted by Gasteiger charge is 2.07. The van der Waals surface area contributed by atoms with E-state index in [-0.39, 0.29) is 0 Å². The second kappa shape index (κ2) is 3.64. The molecule has 12 heavy (non-hydrogen) atoms. The van der Waals surface area contributed by atoms with E-state index in [4.69, 9.17) is 5.26 Å². The third-order valence-corrected chi connectivity index (χ3v) is 3.13. The van der Waals surface area contributed by atoms with E-state index < -0.39 is 0 Å². The van der Waals surface area contributed by atoms with Crippen LogP contribution >= 0.6 is 11.8 Å². The molecule has 0 amide bonds. The Morgan fingerprint density at radius 2 is 2.08 bits per heavy atom. The SMILES string of the molecule is CC1=C(C)S/C(=C(\C)C#N)C=C1. The van der Waals surface area contributed by atoms with Gasteiger partial charge in [0, 0.05) is 10.5 Å². The molecule has 0 unspecified atom stereocenters. The number of hydrogen-bond acceptors (Lipinski definition) is 2. The molecule has 1 aliphatic rings. The van der Waals surface area contributed by atoms with E-state index in [1.807, 2.05) is 13.0 Å². The van der Waals surface area contributed by atoms with Gasteiger partial charge in [-0.3, -0.25) is 0 Å². The first-order valence-corrected chi connectivity index (χ1v) is 4.61. The van der Waals surface area contributed by atoms with Gasteiger partial charge in [0.05, 0.1) is 6.07 Å². The first-order valence-electron chi connectivity index (χ1n) is 3.79. The lowest BCUT2D eigenvalue weighted by Gasteiger charge is -2.11. The summed E-state index contributed by atoms with van der Waals surface area (Å²) in [6.07, 6.45) is 4.06. The summed E-state index contributed by atoms with van der Waals surface area (Å²) in [4.78, 5) is 2.35. The minimum absolute atomic E-state index is 0.795. The number of nitriles is 1. The zero-order valence-corrected chi connectivity index (χ0v) is 8.33. The fraction of sp³-hybridized carbons (Fsp3) is 0.300. The standard InChI is InChI=1S/C10H11NS/c1-7-4-5-10(8(2)6-11)12-9(7)3/h4-5H,1-3H3/b10-8+. The average Bonchev–Trinajstić information content (AvgIpc) is 2.08. The van der Waals surface area contributed by atoms with Crippen LogP contribution in [-0.4, -0.2) is 0 Å². The van der Waals surface area contributed by atoms with E-state index in [9.17, 15) is 0 Å². The molecule has 1 nitrogen and oxygen atoms in total. The van der Waals surface area contributed by atoms with Crippen molar-refractivity contribution >= 4 is 11.8 Å². The summed E-state index contributed by atoms with van der Waals surface area (Å²) in [5, 5.41) is 8.67. The Bertz CT molecular complexity index is 326. The molecule has 0 saturated carbocycles. The lowest BCUT2D eigenvalue weighted by molar-refractivity contribution is 1.40. The Morgan fingerprint density at radius 3 is 2.58 bits per heavy atom. The van der Waals surface area contributed by atoms with Gasteiger partial charge in [-0.15, -0.1) is 0 Å². The molecular formula is C10H11NS. The summed E-state index contributed by atoms with van der Waals surface area (Å²) in [7, 11) is 0. The van der Waals surface area contributed by atoms with Gasteiger partial charge >= 0.3 is 0 Å². The van der Waals surface area contributed by atoms with Crippen LogP contribution in [0.5, 0.6) is 0 Å². The molecule has 0 aromatic heterocycles. The van der Waals surface area contributed by atoms with Crippen LogP contribution in [0.4, 0.5) is 0 Å². The molecule has 1 heterocycles. The van der Waals surface area contributed by atoms with Gasteiger partial charge in [-0.2, -0.15) is 5.26 Å². The molecule has 2 heteroatoms. The molecular weight excluding hydrogens is 166 g/mol. The van der Waals surface area contributed by atoms with Crippen molar-refractivity contribution in [3.63, 3.8) is 0 Å². The molecule has 0 radical (unpaired) electrons. The molecule has 0 bridgehead atoms. The van der Waals surface area contributed by atoms with Gasteiger partial charge in [0.2, 0.25) is 0 Å². The molecule has 0 aromatic carbocycles. The van der Waals surface area contributed by atoms with E-state index in [0.29, 0.717) is 0 Å². The normalized spacial score (nSPS) is 20.8. The van der Waals surface area contributed by atoms with Gasteiger partial charge in [0.15, 0.2) is 0 Å². The molecule has 1 aliphatic heterocycles. The second-order valence-electron chi connectivity index (χ2n) is 2.78. The van der Waals surface area contributed by atoms with Crippen LogP contribution in [0.3, 0.4) is 0 Å². The van der Waals surface area contributed by atoms with Gasteiger partial charge < -0.3 is 0 Å². The number of allylic oxidation sites excluding steroid dienone is 5. The van der Waals surface area contributed by atoms with E-state index in [0.717, 1.165) is 10.5 Å². The fourth-order valence-corrected chi connectivity index (χ4v) is 1.75. The lowest BCUT2D eigenvalue weighted by atomic mass is 10.2. The Labute approximate surface area is 77.5 Å². The number of thioether (sulfide) groups is 1. The fourth-order valence-electron chi connectivity index (χ4n) is 0.854. The topological polar surface area (TPSA) is 23.8 Å². The van der Waals surface area contributed by atoms with Gasteiger partial charge in [0.25, 0.3) is 0 Å². The number of hydrogen-bond donors (Lipinski definition) is 0. The van der Waals surface area contributed by atoms with E-state index in [1.165, 1.54) is 10.5 Å². The minimum atomic E-state index is 0.795. The predicted octanol–water partition coefficient (Wildman–Crippen LogP) is 3.38. The third kappa shape index (κ3) is 1.80. The first kappa shape index (κ1) is 9.15. The molecule has 0 N–H and O–H groups in total.